The Balaban J connectivity index is 2.39. The van der Waals surface area contributed by atoms with Gasteiger partial charge >= 0.3 is 0 Å². The van der Waals surface area contributed by atoms with E-state index in [-0.39, 0.29) is 5.38 Å². The van der Waals surface area contributed by atoms with Crippen LogP contribution in [0.25, 0.3) is 16.7 Å². The van der Waals surface area contributed by atoms with E-state index >= 15 is 0 Å². The maximum absolute atomic E-state index is 6.41. The molecule has 108 valence electrons. The quantitative estimate of drug-likeness (QED) is 0.528. The largest absolute Gasteiger partial charge is 0.293 e. The zero-order valence-corrected chi connectivity index (χ0v) is 13.8. The van der Waals surface area contributed by atoms with Gasteiger partial charge in [0.05, 0.1) is 26.6 Å². The average molecular weight is 340 g/mol. The molecule has 0 saturated carbocycles. The molecule has 0 spiro atoms. The molecule has 0 aliphatic carbocycles. The van der Waals surface area contributed by atoms with Crippen LogP contribution in [0.5, 0.6) is 0 Å². The highest BCUT2D eigenvalue weighted by Crippen LogP contribution is 2.34. The second kappa shape index (κ2) is 5.53. The van der Waals surface area contributed by atoms with Crippen molar-refractivity contribution in [1.82, 2.24) is 9.55 Å². The maximum atomic E-state index is 6.41. The Morgan fingerprint density at radius 3 is 2.52 bits per heavy atom. The van der Waals surface area contributed by atoms with E-state index in [1.165, 1.54) is 0 Å². The lowest BCUT2D eigenvalue weighted by Crippen LogP contribution is -2.02. The van der Waals surface area contributed by atoms with Crippen molar-refractivity contribution in [2.45, 2.75) is 19.2 Å². The number of halogens is 3. The summed E-state index contributed by atoms with van der Waals surface area (Å²) < 4.78 is 1.97. The molecule has 0 N–H and O–H groups in total. The first-order valence-corrected chi connectivity index (χ1v) is 7.75. The number of fused-ring (bicyclic) bond motifs is 1. The van der Waals surface area contributed by atoms with Gasteiger partial charge in [-0.05, 0) is 43.7 Å². The molecule has 0 bridgehead atoms. The van der Waals surface area contributed by atoms with E-state index in [9.17, 15) is 0 Å². The molecule has 0 radical (unpaired) electrons. The Bertz CT molecular complexity index is 822. The van der Waals surface area contributed by atoms with Crippen molar-refractivity contribution >= 4 is 45.8 Å². The Kier molecular flexibility index (Phi) is 3.87. The number of hydrogen-bond donors (Lipinski definition) is 0. The fraction of sp³-hybridized carbons (Fsp3) is 0.188. The maximum Gasteiger partial charge on any atom is 0.132 e. The Labute approximate surface area is 138 Å². The van der Waals surface area contributed by atoms with E-state index in [1.54, 1.807) is 0 Å². The van der Waals surface area contributed by atoms with Crippen LogP contribution in [-0.2, 0) is 0 Å². The molecule has 1 heterocycles. The molecule has 3 rings (SSSR count). The van der Waals surface area contributed by atoms with Crippen LogP contribution in [0, 0.1) is 6.92 Å². The zero-order valence-electron chi connectivity index (χ0n) is 11.6. The molecule has 2 aromatic carbocycles. The van der Waals surface area contributed by atoms with Crippen LogP contribution in [0.2, 0.25) is 10.0 Å². The van der Waals surface area contributed by atoms with Crippen LogP contribution in [0.3, 0.4) is 0 Å². The number of imidazole rings is 1. The number of aromatic nitrogens is 2. The van der Waals surface area contributed by atoms with Gasteiger partial charge < -0.3 is 0 Å². The third-order valence-corrected chi connectivity index (χ3v) is 4.16. The second-order valence-corrected chi connectivity index (χ2v) is 6.45. The van der Waals surface area contributed by atoms with Gasteiger partial charge in [0, 0.05) is 0 Å². The topological polar surface area (TPSA) is 17.8 Å². The molecule has 0 aliphatic heterocycles. The summed E-state index contributed by atoms with van der Waals surface area (Å²) in [5, 5.41) is 1.01. The summed E-state index contributed by atoms with van der Waals surface area (Å²) in [6, 6.07) is 11.6. The fourth-order valence-electron chi connectivity index (χ4n) is 2.40. The summed E-state index contributed by atoms with van der Waals surface area (Å²) in [5.74, 6) is 0.727. The third-order valence-electron chi connectivity index (χ3n) is 3.36. The Hall–Kier alpha value is -1.22. The number of nitrogens with zero attached hydrogens (tertiary/aromatic N) is 2. The van der Waals surface area contributed by atoms with E-state index in [0.29, 0.717) is 10.0 Å². The van der Waals surface area contributed by atoms with Crippen molar-refractivity contribution in [1.29, 1.82) is 0 Å². The summed E-state index contributed by atoms with van der Waals surface area (Å²) in [6.07, 6.45) is 0. The molecule has 3 aromatic rings. The molecule has 1 atom stereocenters. The molecular formula is C16H13Cl3N2. The fourth-order valence-corrected chi connectivity index (χ4v) is 3.07. The summed E-state index contributed by atoms with van der Waals surface area (Å²) in [5.41, 5.74) is 3.59. The highest BCUT2D eigenvalue weighted by Gasteiger charge is 2.19. The Morgan fingerprint density at radius 1 is 1.10 bits per heavy atom. The highest BCUT2D eigenvalue weighted by atomic mass is 35.5. The number of para-hydroxylation sites is 1. The van der Waals surface area contributed by atoms with Crippen molar-refractivity contribution in [2.24, 2.45) is 0 Å². The first-order valence-electron chi connectivity index (χ1n) is 6.56. The van der Waals surface area contributed by atoms with E-state index in [2.05, 4.69) is 4.98 Å². The van der Waals surface area contributed by atoms with Gasteiger partial charge in [0.25, 0.3) is 0 Å². The third kappa shape index (κ3) is 2.52. The SMILES string of the molecule is Cc1ccc(-n2c(C(C)Cl)nc3c(Cl)cccc32)c(Cl)c1. The number of benzene rings is 2. The Morgan fingerprint density at radius 2 is 1.86 bits per heavy atom. The monoisotopic (exact) mass is 338 g/mol. The van der Waals surface area contributed by atoms with Crippen molar-refractivity contribution in [2.75, 3.05) is 0 Å². The summed E-state index contributed by atoms with van der Waals surface area (Å²) in [4.78, 5) is 4.59. The van der Waals surface area contributed by atoms with Crippen LogP contribution in [0.4, 0.5) is 0 Å². The molecule has 0 saturated heterocycles. The van der Waals surface area contributed by atoms with Gasteiger partial charge in [-0.25, -0.2) is 4.98 Å². The predicted molar refractivity (Wildman–Crippen MR) is 90.1 cm³/mol. The summed E-state index contributed by atoms with van der Waals surface area (Å²) >= 11 is 19.0. The lowest BCUT2D eigenvalue weighted by atomic mass is 10.2. The highest BCUT2D eigenvalue weighted by molar-refractivity contribution is 6.35. The number of rotatable bonds is 2. The lowest BCUT2D eigenvalue weighted by Gasteiger charge is -2.12. The molecule has 1 aromatic heterocycles. The van der Waals surface area contributed by atoms with Crippen molar-refractivity contribution in [3.05, 3.63) is 57.8 Å². The molecule has 21 heavy (non-hydrogen) atoms. The van der Waals surface area contributed by atoms with Gasteiger partial charge in [-0.2, -0.15) is 0 Å². The minimum Gasteiger partial charge on any atom is -0.293 e. The molecule has 5 heteroatoms. The van der Waals surface area contributed by atoms with Crippen molar-refractivity contribution < 1.29 is 0 Å². The summed E-state index contributed by atoms with van der Waals surface area (Å²) in [6.45, 7) is 3.89. The predicted octanol–water partition coefficient (Wildman–Crippen LogP) is 5.94. The van der Waals surface area contributed by atoms with Crippen molar-refractivity contribution in [3.63, 3.8) is 0 Å². The number of aryl methyl sites for hydroxylation is 1. The van der Waals surface area contributed by atoms with Gasteiger partial charge in [0.15, 0.2) is 0 Å². The van der Waals surface area contributed by atoms with Crippen LogP contribution in [-0.4, -0.2) is 9.55 Å². The van der Waals surface area contributed by atoms with E-state index in [4.69, 9.17) is 34.8 Å². The van der Waals surface area contributed by atoms with E-state index < -0.39 is 0 Å². The van der Waals surface area contributed by atoms with E-state index in [0.717, 1.165) is 28.1 Å². The standard InChI is InChI=1S/C16H13Cl3N2/c1-9-6-7-13(12(19)8-9)21-14-5-3-4-11(18)15(14)20-16(21)10(2)17/h3-8,10H,1-2H3. The van der Waals surface area contributed by atoms with E-state index in [1.807, 2.05) is 54.8 Å². The van der Waals surface area contributed by atoms with Gasteiger partial charge in [0.1, 0.15) is 11.3 Å². The van der Waals surface area contributed by atoms with Crippen molar-refractivity contribution in [3.8, 4) is 5.69 Å². The zero-order chi connectivity index (χ0) is 15.1. The molecule has 0 fully saturated rings. The normalized spacial score (nSPS) is 12.8. The van der Waals surface area contributed by atoms with Crippen LogP contribution < -0.4 is 0 Å². The van der Waals surface area contributed by atoms with Crippen LogP contribution in [0.15, 0.2) is 36.4 Å². The molecule has 0 amide bonds. The number of alkyl halides is 1. The smallest absolute Gasteiger partial charge is 0.132 e. The minimum absolute atomic E-state index is 0.258. The first-order chi connectivity index (χ1) is 9.99. The molecule has 0 aliphatic rings. The molecule has 1 unspecified atom stereocenters. The van der Waals surface area contributed by atoms with Crippen LogP contribution in [0.1, 0.15) is 23.7 Å². The van der Waals surface area contributed by atoms with Gasteiger partial charge in [0.2, 0.25) is 0 Å². The lowest BCUT2D eigenvalue weighted by molar-refractivity contribution is 0.882. The number of hydrogen-bond acceptors (Lipinski definition) is 1. The first kappa shape index (κ1) is 14.7. The van der Waals surface area contributed by atoms with Gasteiger partial charge in [-0.1, -0.05) is 35.3 Å². The van der Waals surface area contributed by atoms with Crippen LogP contribution >= 0.6 is 34.8 Å². The average Bonchev–Trinajstić information content (AvgIpc) is 2.80. The molecular weight excluding hydrogens is 327 g/mol. The molecule has 2 nitrogen and oxygen atoms in total. The summed E-state index contributed by atoms with van der Waals surface area (Å²) in [7, 11) is 0. The van der Waals surface area contributed by atoms with Gasteiger partial charge in [-0.15, -0.1) is 11.6 Å². The second-order valence-electron chi connectivity index (χ2n) is 4.98. The van der Waals surface area contributed by atoms with Gasteiger partial charge in [-0.3, -0.25) is 4.57 Å². The minimum atomic E-state index is -0.258.